The van der Waals surface area contributed by atoms with Crippen LogP contribution in [0.1, 0.15) is 62.6 Å². The summed E-state index contributed by atoms with van der Waals surface area (Å²) in [5, 5.41) is 9.86. The van der Waals surface area contributed by atoms with Crippen LogP contribution in [0.2, 0.25) is 0 Å². The highest BCUT2D eigenvalue weighted by Gasteiger charge is 2.36. The van der Waals surface area contributed by atoms with Crippen molar-refractivity contribution in [2.45, 2.75) is 65.5 Å². The van der Waals surface area contributed by atoms with Crippen molar-refractivity contribution in [1.29, 1.82) is 5.26 Å². The van der Waals surface area contributed by atoms with E-state index in [1.54, 1.807) is 29.4 Å². The molecule has 3 fully saturated rings. The lowest BCUT2D eigenvalue weighted by Gasteiger charge is -2.35. The molecule has 4 heterocycles. The highest BCUT2D eigenvalue weighted by Crippen LogP contribution is 2.37. The maximum atomic E-state index is 13.4. The fraction of sp³-hybridized carbons (Fsp3) is 0.593. The van der Waals surface area contributed by atoms with E-state index in [1.807, 2.05) is 6.92 Å². The van der Waals surface area contributed by atoms with E-state index in [0.717, 1.165) is 12.8 Å². The highest BCUT2D eigenvalue weighted by molar-refractivity contribution is 8.26. The lowest BCUT2D eigenvalue weighted by molar-refractivity contribution is -0.148. The first-order chi connectivity index (χ1) is 18.3. The number of carbonyl (C=O) groups is 2. The Balaban J connectivity index is 1.74. The number of ether oxygens (including phenoxy) is 2. The molecule has 11 heteroatoms. The number of rotatable bonds is 8. The number of hydrogen-bond donors (Lipinski definition) is 0. The minimum Gasteiger partial charge on any atom is -0.466 e. The first kappa shape index (κ1) is 28.3. The number of aromatic nitrogens is 1. The lowest BCUT2D eigenvalue weighted by Crippen LogP contribution is -2.41. The van der Waals surface area contributed by atoms with Gasteiger partial charge in [-0.15, -0.1) is 0 Å². The van der Waals surface area contributed by atoms with Crippen molar-refractivity contribution in [2.75, 3.05) is 37.7 Å². The number of nitrogens with zero attached hydrogens (tertiary/aromatic N) is 4. The molecular formula is C27H34N4O5S2. The molecule has 0 N–H and O–H groups in total. The molecule has 38 heavy (non-hydrogen) atoms. The van der Waals surface area contributed by atoms with Gasteiger partial charge in [-0.2, -0.15) is 5.26 Å². The Bertz CT molecular complexity index is 1240. The minimum absolute atomic E-state index is 0.0218. The molecule has 1 amide bonds. The predicted molar refractivity (Wildman–Crippen MR) is 151 cm³/mol. The van der Waals surface area contributed by atoms with Crippen molar-refractivity contribution in [2.24, 2.45) is 5.92 Å². The highest BCUT2D eigenvalue weighted by atomic mass is 32.2. The average molecular weight is 559 g/mol. The van der Waals surface area contributed by atoms with Gasteiger partial charge in [0.25, 0.3) is 11.5 Å². The molecule has 9 nitrogen and oxygen atoms in total. The number of carbonyl (C=O) groups excluding carboxylic acids is 2. The van der Waals surface area contributed by atoms with Gasteiger partial charge in [-0.05, 0) is 57.6 Å². The fourth-order valence-electron chi connectivity index (χ4n) is 5.28. The van der Waals surface area contributed by atoms with Gasteiger partial charge in [-0.3, -0.25) is 23.9 Å². The number of nitriles is 1. The number of piperidine rings is 1. The lowest BCUT2D eigenvalue weighted by atomic mass is 9.95. The Morgan fingerprint density at radius 3 is 2.61 bits per heavy atom. The van der Waals surface area contributed by atoms with Gasteiger partial charge in [0.15, 0.2) is 0 Å². The third kappa shape index (κ3) is 5.67. The third-order valence-electron chi connectivity index (χ3n) is 7.27. The second kappa shape index (κ2) is 12.5. The molecule has 0 radical (unpaired) electrons. The normalized spacial score (nSPS) is 21.4. The van der Waals surface area contributed by atoms with E-state index in [-0.39, 0.29) is 35.0 Å². The largest absolute Gasteiger partial charge is 0.466 e. The molecule has 0 bridgehead atoms. The second-order valence-corrected chi connectivity index (χ2v) is 11.4. The van der Waals surface area contributed by atoms with E-state index < -0.39 is 0 Å². The van der Waals surface area contributed by atoms with Crippen molar-refractivity contribution >= 4 is 52.1 Å². The van der Waals surface area contributed by atoms with Crippen LogP contribution in [-0.4, -0.2) is 64.6 Å². The molecule has 1 atom stereocenters. The smallest absolute Gasteiger partial charge is 0.309 e. The molecule has 1 aromatic heterocycles. The summed E-state index contributed by atoms with van der Waals surface area (Å²) < 4.78 is 13.1. The Morgan fingerprint density at radius 1 is 1.26 bits per heavy atom. The van der Waals surface area contributed by atoms with E-state index in [0.29, 0.717) is 84.8 Å². The molecule has 1 aromatic rings. The quantitative estimate of drug-likeness (QED) is 0.269. The molecule has 0 aliphatic carbocycles. The number of hydrogen-bond acceptors (Lipinski definition) is 9. The van der Waals surface area contributed by atoms with Crippen LogP contribution in [0.3, 0.4) is 0 Å². The SMILES string of the molecule is CCCn1c(N2CCC(C(=O)OCC)CC2)c(/C=C2/SC(=S)N(CC3CCCO3)C2=O)c(C)c(C#N)c1=O. The number of thioether (sulfide) groups is 1. The number of esters is 1. The number of pyridine rings is 1. The summed E-state index contributed by atoms with van der Waals surface area (Å²) in [5.41, 5.74) is 0.945. The summed E-state index contributed by atoms with van der Waals surface area (Å²) in [6, 6.07) is 2.08. The summed E-state index contributed by atoms with van der Waals surface area (Å²) in [4.78, 5) is 43.3. The second-order valence-electron chi connectivity index (χ2n) is 9.75. The summed E-state index contributed by atoms with van der Waals surface area (Å²) in [6.07, 6.45) is 5.52. The average Bonchev–Trinajstić information content (AvgIpc) is 3.51. The Labute approximate surface area is 232 Å². The van der Waals surface area contributed by atoms with Gasteiger partial charge in [0.05, 0.1) is 30.1 Å². The van der Waals surface area contributed by atoms with Gasteiger partial charge in [0.1, 0.15) is 21.8 Å². The van der Waals surface area contributed by atoms with Gasteiger partial charge in [-0.25, -0.2) is 0 Å². The van der Waals surface area contributed by atoms with E-state index >= 15 is 0 Å². The van der Waals surface area contributed by atoms with Crippen LogP contribution in [0.5, 0.6) is 0 Å². The summed E-state index contributed by atoms with van der Waals surface area (Å²) in [5.74, 6) is 0.118. The van der Waals surface area contributed by atoms with E-state index in [2.05, 4.69) is 11.0 Å². The van der Waals surface area contributed by atoms with Gasteiger partial charge in [-0.1, -0.05) is 30.9 Å². The zero-order chi connectivity index (χ0) is 27.4. The molecule has 4 rings (SSSR count). The molecular weight excluding hydrogens is 524 g/mol. The Kier molecular flexibility index (Phi) is 9.28. The van der Waals surface area contributed by atoms with E-state index in [4.69, 9.17) is 21.7 Å². The topological polar surface area (TPSA) is 105 Å². The number of anilines is 1. The summed E-state index contributed by atoms with van der Waals surface area (Å²) in [7, 11) is 0. The first-order valence-corrected chi connectivity index (χ1v) is 14.5. The van der Waals surface area contributed by atoms with Crippen LogP contribution >= 0.6 is 24.0 Å². The Hall–Kier alpha value is -2.68. The maximum absolute atomic E-state index is 13.4. The van der Waals surface area contributed by atoms with E-state index in [9.17, 15) is 19.6 Å². The van der Waals surface area contributed by atoms with Gasteiger partial charge in [0.2, 0.25) is 0 Å². The fourth-order valence-corrected chi connectivity index (χ4v) is 6.54. The minimum atomic E-state index is -0.336. The van der Waals surface area contributed by atoms with Crippen LogP contribution in [0, 0.1) is 24.2 Å². The molecule has 204 valence electrons. The van der Waals surface area contributed by atoms with Crippen molar-refractivity contribution in [3.8, 4) is 6.07 Å². The van der Waals surface area contributed by atoms with Crippen molar-refractivity contribution in [3.63, 3.8) is 0 Å². The van der Waals surface area contributed by atoms with Crippen molar-refractivity contribution < 1.29 is 19.1 Å². The van der Waals surface area contributed by atoms with Crippen LogP contribution in [0.25, 0.3) is 6.08 Å². The third-order valence-corrected chi connectivity index (χ3v) is 8.65. The molecule has 3 aliphatic rings. The predicted octanol–water partition coefficient (Wildman–Crippen LogP) is 3.60. The standard InChI is InChI=1S/C27H34N4O5S2/c1-4-10-30-23(29-11-8-18(9-12-29)26(34)35-5-2)20(17(3)21(15-28)24(30)32)14-22-25(33)31(27(37)38-22)16-19-7-6-13-36-19/h14,18-19H,4-13,16H2,1-3H3/b22-14+. The molecule has 0 saturated carbocycles. The van der Waals surface area contributed by atoms with Gasteiger partial charge in [0, 0.05) is 31.8 Å². The summed E-state index contributed by atoms with van der Waals surface area (Å²) >= 11 is 6.78. The zero-order valence-electron chi connectivity index (χ0n) is 22.2. The van der Waals surface area contributed by atoms with Crippen molar-refractivity contribution in [1.82, 2.24) is 9.47 Å². The maximum Gasteiger partial charge on any atom is 0.309 e. The molecule has 3 aliphatic heterocycles. The van der Waals surface area contributed by atoms with Gasteiger partial charge >= 0.3 is 5.97 Å². The number of thiocarbonyl (C=S) groups is 1. The van der Waals surface area contributed by atoms with Crippen LogP contribution in [0.15, 0.2) is 9.70 Å². The molecule has 3 saturated heterocycles. The zero-order valence-corrected chi connectivity index (χ0v) is 23.8. The molecule has 0 spiro atoms. The van der Waals surface area contributed by atoms with Crippen LogP contribution in [0.4, 0.5) is 5.82 Å². The van der Waals surface area contributed by atoms with Crippen LogP contribution in [-0.2, 0) is 25.6 Å². The molecule has 1 unspecified atom stereocenters. The Morgan fingerprint density at radius 2 is 2.00 bits per heavy atom. The van der Waals surface area contributed by atoms with Gasteiger partial charge < -0.3 is 14.4 Å². The van der Waals surface area contributed by atoms with Crippen molar-refractivity contribution in [3.05, 3.63) is 31.9 Å². The first-order valence-electron chi connectivity index (χ1n) is 13.3. The van der Waals surface area contributed by atoms with E-state index in [1.165, 1.54) is 11.8 Å². The number of amides is 1. The van der Waals surface area contributed by atoms with Crippen LogP contribution < -0.4 is 10.5 Å². The molecule has 0 aromatic carbocycles. The summed E-state index contributed by atoms with van der Waals surface area (Å²) in [6.45, 7) is 8.54. The monoisotopic (exact) mass is 558 g/mol.